The van der Waals surface area contributed by atoms with E-state index in [-0.39, 0.29) is 0 Å². The van der Waals surface area contributed by atoms with Gasteiger partial charge in [0.25, 0.3) is 0 Å². The van der Waals surface area contributed by atoms with E-state index in [2.05, 4.69) is 42.0 Å². The van der Waals surface area contributed by atoms with E-state index in [9.17, 15) is 0 Å². The number of rotatable bonds is 5. The van der Waals surface area contributed by atoms with Gasteiger partial charge < -0.3 is 14.0 Å². The van der Waals surface area contributed by atoms with Crippen molar-refractivity contribution in [2.75, 3.05) is 7.11 Å². The van der Waals surface area contributed by atoms with Gasteiger partial charge in [-0.05, 0) is 38.1 Å². The molecular weight excluding hydrogens is 286 g/mol. The van der Waals surface area contributed by atoms with Gasteiger partial charge in [0.15, 0.2) is 0 Å². The largest absolute Gasteiger partial charge is 0.497 e. The summed E-state index contributed by atoms with van der Waals surface area (Å²) in [5.74, 6) is 2.32. The highest BCUT2D eigenvalue weighted by molar-refractivity contribution is 6.08. The van der Waals surface area contributed by atoms with Crippen LogP contribution in [0.15, 0.2) is 60.9 Å². The maximum Gasteiger partial charge on any atom is 0.129 e. The molecule has 0 unspecified atom stereocenters. The second-order valence-electron chi connectivity index (χ2n) is 5.91. The Hall–Kier alpha value is -2.68. The highest BCUT2D eigenvalue weighted by Gasteiger charge is 2.12. The molecule has 0 spiro atoms. The molecule has 3 heteroatoms. The van der Waals surface area contributed by atoms with Crippen LogP contribution >= 0.6 is 0 Å². The summed E-state index contributed by atoms with van der Waals surface area (Å²) in [6.45, 7) is 12.5. The zero-order valence-electron chi connectivity index (χ0n) is 13.8. The van der Waals surface area contributed by atoms with Crippen LogP contribution in [-0.2, 0) is 6.54 Å². The van der Waals surface area contributed by atoms with Crippen LogP contribution in [0.1, 0.15) is 13.8 Å². The molecule has 3 nitrogen and oxygen atoms in total. The molecule has 0 saturated carbocycles. The van der Waals surface area contributed by atoms with Crippen molar-refractivity contribution >= 4 is 21.8 Å². The van der Waals surface area contributed by atoms with Gasteiger partial charge in [0.2, 0.25) is 0 Å². The Balaban J connectivity index is 2.31. The normalized spacial score (nSPS) is 10.9. The number of methoxy groups -OCH3 is 1. The molecule has 0 aliphatic carbocycles. The molecule has 23 heavy (non-hydrogen) atoms. The van der Waals surface area contributed by atoms with Crippen LogP contribution in [0.4, 0.5) is 0 Å². The number of fused-ring (bicyclic) bond motifs is 3. The lowest BCUT2D eigenvalue weighted by atomic mass is 10.1. The molecule has 1 heterocycles. The van der Waals surface area contributed by atoms with Gasteiger partial charge in [-0.3, -0.25) is 0 Å². The van der Waals surface area contributed by atoms with E-state index in [1.54, 1.807) is 7.11 Å². The van der Waals surface area contributed by atoms with Crippen molar-refractivity contribution < 1.29 is 9.47 Å². The van der Waals surface area contributed by atoms with E-state index in [0.29, 0.717) is 5.76 Å². The van der Waals surface area contributed by atoms with Crippen molar-refractivity contribution in [3.05, 3.63) is 60.9 Å². The van der Waals surface area contributed by atoms with Crippen molar-refractivity contribution in [3.8, 4) is 11.5 Å². The third kappa shape index (κ3) is 2.82. The zero-order chi connectivity index (χ0) is 16.6. The smallest absolute Gasteiger partial charge is 0.129 e. The van der Waals surface area contributed by atoms with E-state index >= 15 is 0 Å². The predicted octanol–water partition coefficient (Wildman–Crippen LogP) is 5.29. The first kappa shape index (κ1) is 15.2. The molecule has 3 aromatic rings. The Labute approximate surface area is 136 Å². The molecule has 0 fully saturated rings. The number of aromatic nitrogens is 1. The van der Waals surface area contributed by atoms with Crippen LogP contribution in [0.3, 0.4) is 0 Å². The second-order valence-corrected chi connectivity index (χ2v) is 5.91. The van der Waals surface area contributed by atoms with Crippen molar-refractivity contribution in [1.29, 1.82) is 0 Å². The summed E-state index contributed by atoms with van der Waals surface area (Å²) in [7, 11) is 1.69. The summed E-state index contributed by atoms with van der Waals surface area (Å²) in [4.78, 5) is 0. The first-order chi connectivity index (χ1) is 11.0. The van der Waals surface area contributed by atoms with Gasteiger partial charge in [0, 0.05) is 29.4 Å². The maximum atomic E-state index is 5.67. The Kier molecular flexibility index (Phi) is 3.87. The molecule has 3 rings (SSSR count). The van der Waals surface area contributed by atoms with Gasteiger partial charge in [-0.15, -0.1) is 0 Å². The molecule has 0 aliphatic heterocycles. The summed E-state index contributed by atoms with van der Waals surface area (Å²) in [6, 6.07) is 12.3. The summed E-state index contributed by atoms with van der Waals surface area (Å²) < 4.78 is 13.3. The van der Waals surface area contributed by atoms with Gasteiger partial charge in [0.05, 0.1) is 23.9 Å². The number of nitrogens with zero attached hydrogens (tertiary/aromatic N) is 1. The van der Waals surface area contributed by atoms with Gasteiger partial charge in [-0.2, -0.15) is 0 Å². The van der Waals surface area contributed by atoms with Crippen LogP contribution < -0.4 is 9.47 Å². The Morgan fingerprint density at radius 2 is 1.52 bits per heavy atom. The van der Waals surface area contributed by atoms with E-state index in [1.165, 1.54) is 10.8 Å². The molecule has 118 valence electrons. The van der Waals surface area contributed by atoms with Crippen molar-refractivity contribution in [3.63, 3.8) is 0 Å². The van der Waals surface area contributed by atoms with Gasteiger partial charge in [0.1, 0.15) is 11.5 Å². The lowest BCUT2D eigenvalue weighted by Crippen LogP contribution is -1.98. The molecule has 0 aliphatic rings. The van der Waals surface area contributed by atoms with E-state index in [1.807, 2.05) is 26.0 Å². The van der Waals surface area contributed by atoms with E-state index in [4.69, 9.17) is 9.47 Å². The molecule has 1 aromatic heterocycles. The highest BCUT2D eigenvalue weighted by Crippen LogP contribution is 2.34. The van der Waals surface area contributed by atoms with Crippen molar-refractivity contribution in [1.82, 2.24) is 4.57 Å². The number of benzene rings is 2. The van der Waals surface area contributed by atoms with E-state index < -0.39 is 0 Å². The topological polar surface area (TPSA) is 23.4 Å². The molecule has 0 atom stereocenters. The molecule has 0 radical (unpaired) electrons. The van der Waals surface area contributed by atoms with Crippen LogP contribution in [-0.4, -0.2) is 11.7 Å². The lowest BCUT2D eigenvalue weighted by molar-refractivity contribution is 0.415. The molecule has 0 amide bonds. The Bertz CT molecular complexity index is 918. The maximum absolute atomic E-state index is 5.67. The average Bonchev–Trinajstić information content (AvgIpc) is 2.79. The van der Waals surface area contributed by atoms with Crippen LogP contribution in [0.2, 0.25) is 0 Å². The first-order valence-corrected chi connectivity index (χ1v) is 7.57. The third-order valence-corrected chi connectivity index (χ3v) is 3.77. The van der Waals surface area contributed by atoms with Crippen LogP contribution in [0.5, 0.6) is 11.5 Å². The second kappa shape index (κ2) is 5.84. The monoisotopic (exact) mass is 307 g/mol. The van der Waals surface area contributed by atoms with Gasteiger partial charge in [-0.1, -0.05) is 18.7 Å². The Morgan fingerprint density at radius 3 is 2.04 bits per heavy atom. The lowest BCUT2D eigenvalue weighted by Gasteiger charge is -2.09. The SMILES string of the molecule is C=C(C)Cn1c2cc(OC)ccc2c2ccc(OC(=C)C)cc21. The van der Waals surface area contributed by atoms with Crippen LogP contribution in [0.25, 0.3) is 21.8 Å². The first-order valence-electron chi connectivity index (χ1n) is 7.57. The molecule has 0 bridgehead atoms. The number of ether oxygens (including phenoxy) is 2. The van der Waals surface area contributed by atoms with Gasteiger partial charge >= 0.3 is 0 Å². The summed E-state index contributed by atoms with van der Waals surface area (Å²) in [6.07, 6.45) is 0. The quantitative estimate of drug-likeness (QED) is 0.472. The fraction of sp³-hybridized carbons (Fsp3) is 0.200. The van der Waals surface area contributed by atoms with Crippen molar-refractivity contribution in [2.45, 2.75) is 20.4 Å². The number of allylic oxidation sites excluding steroid dienone is 2. The fourth-order valence-electron chi connectivity index (χ4n) is 2.89. The summed E-state index contributed by atoms with van der Waals surface area (Å²) in [5.41, 5.74) is 3.35. The standard InChI is InChI=1S/C20H21NO2/c1-13(2)12-21-19-10-15(22-5)6-8-17(19)18-9-7-16(11-20(18)21)23-14(3)4/h6-11H,1,3,12H2,2,4-5H3. The molecule has 0 N–H and O–H groups in total. The summed E-state index contributed by atoms with van der Waals surface area (Å²) >= 11 is 0. The Morgan fingerprint density at radius 1 is 0.957 bits per heavy atom. The minimum Gasteiger partial charge on any atom is -0.497 e. The van der Waals surface area contributed by atoms with Crippen molar-refractivity contribution in [2.24, 2.45) is 0 Å². The number of hydrogen-bond acceptors (Lipinski definition) is 2. The number of hydrogen-bond donors (Lipinski definition) is 0. The predicted molar refractivity (Wildman–Crippen MR) is 96.3 cm³/mol. The third-order valence-electron chi connectivity index (χ3n) is 3.77. The molecular formula is C20H21NO2. The highest BCUT2D eigenvalue weighted by atomic mass is 16.5. The summed E-state index contributed by atoms with van der Waals surface area (Å²) in [5, 5.41) is 2.39. The van der Waals surface area contributed by atoms with Gasteiger partial charge in [-0.25, -0.2) is 0 Å². The fourth-order valence-corrected chi connectivity index (χ4v) is 2.89. The minimum absolute atomic E-state index is 0.675. The van der Waals surface area contributed by atoms with Crippen LogP contribution in [0, 0.1) is 0 Å². The molecule has 2 aromatic carbocycles. The van der Waals surface area contributed by atoms with E-state index in [0.717, 1.165) is 34.7 Å². The minimum atomic E-state index is 0.675. The average molecular weight is 307 g/mol. The zero-order valence-corrected chi connectivity index (χ0v) is 13.8. The molecule has 0 saturated heterocycles.